The molecule has 0 aliphatic heterocycles. The minimum Gasteiger partial charge on any atom is -0.324 e. The fourth-order valence-corrected chi connectivity index (χ4v) is 1.62. The van der Waals surface area contributed by atoms with E-state index in [-0.39, 0.29) is 6.04 Å². The first kappa shape index (κ1) is 10.7. The lowest BCUT2D eigenvalue weighted by Crippen LogP contribution is -2.12. The lowest BCUT2D eigenvalue weighted by Gasteiger charge is -2.14. The zero-order chi connectivity index (χ0) is 9.84. The molecule has 0 aromatic heterocycles. The topological polar surface area (TPSA) is 26.0 Å². The van der Waals surface area contributed by atoms with Crippen molar-refractivity contribution in [3.63, 3.8) is 0 Å². The summed E-state index contributed by atoms with van der Waals surface area (Å²) in [6.07, 6.45) is 1.04. The fourth-order valence-electron chi connectivity index (χ4n) is 1.35. The smallest absolute Gasteiger partial charge is 0.0297 e. The van der Waals surface area contributed by atoms with Gasteiger partial charge in [0.1, 0.15) is 0 Å². The lowest BCUT2D eigenvalue weighted by molar-refractivity contribution is 0.510. The summed E-state index contributed by atoms with van der Waals surface area (Å²) in [6, 6.07) is 8.41. The predicted molar refractivity (Wildman–Crippen MR) is 60.5 cm³/mol. The van der Waals surface area contributed by atoms with Gasteiger partial charge in [-0.15, -0.1) is 0 Å². The van der Waals surface area contributed by atoms with Crippen molar-refractivity contribution in [1.29, 1.82) is 0 Å². The van der Waals surface area contributed by atoms with E-state index in [1.165, 1.54) is 5.56 Å². The van der Waals surface area contributed by atoms with E-state index in [0.717, 1.165) is 10.9 Å². The van der Waals surface area contributed by atoms with Crippen molar-refractivity contribution in [1.82, 2.24) is 0 Å². The Hall–Kier alpha value is -0.340. The Morgan fingerprint density at radius 1 is 1.23 bits per heavy atom. The maximum atomic E-state index is 6.03. The molecule has 2 heteroatoms. The van der Waals surface area contributed by atoms with Gasteiger partial charge < -0.3 is 5.73 Å². The summed E-state index contributed by atoms with van der Waals surface area (Å²) in [6.45, 7) is 4.39. The molecule has 1 nitrogen and oxygen atoms in total. The molecule has 1 rings (SSSR count). The summed E-state index contributed by atoms with van der Waals surface area (Å²) >= 11 is 3.40. The fraction of sp³-hybridized carbons (Fsp3) is 0.455. The van der Waals surface area contributed by atoms with Crippen LogP contribution in [0.4, 0.5) is 0 Å². The molecule has 72 valence electrons. The number of hydrogen-bond acceptors (Lipinski definition) is 1. The summed E-state index contributed by atoms with van der Waals surface area (Å²) in [5.74, 6) is 0.652. The Morgan fingerprint density at radius 2 is 1.77 bits per heavy atom. The molecule has 0 unspecified atom stereocenters. The first-order valence-electron chi connectivity index (χ1n) is 4.60. The Kier molecular flexibility index (Phi) is 3.94. The summed E-state index contributed by atoms with van der Waals surface area (Å²) in [4.78, 5) is 0. The SMILES string of the molecule is CC(C)C[C@H](N)c1ccc(Br)cc1. The van der Waals surface area contributed by atoms with Crippen LogP contribution in [-0.2, 0) is 0 Å². The van der Waals surface area contributed by atoms with Crippen molar-refractivity contribution in [2.24, 2.45) is 11.7 Å². The zero-order valence-corrected chi connectivity index (χ0v) is 9.71. The van der Waals surface area contributed by atoms with Crippen molar-refractivity contribution in [3.05, 3.63) is 34.3 Å². The van der Waals surface area contributed by atoms with Crippen LogP contribution < -0.4 is 5.73 Å². The number of benzene rings is 1. The second-order valence-corrected chi connectivity index (χ2v) is 4.70. The van der Waals surface area contributed by atoms with E-state index in [1.807, 2.05) is 12.1 Å². The van der Waals surface area contributed by atoms with Crippen LogP contribution in [0.25, 0.3) is 0 Å². The molecule has 0 aliphatic rings. The minimum absolute atomic E-state index is 0.174. The predicted octanol–water partition coefficient (Wildman–Crippen LogP) is 3.50. The van der Waals surface area contributed by atoms with Gasteiger partial charge in [-0.3, -0.25) is 0 Å². The Bertz CT molecular complexity index is 253. The highest BCUT2D eigenvalue weighted by Gasteiger charge is 2.07. The molecule has 0 radical (unpaired) electrons. The molecule has 2 N–H and O–H groups in total. The molecule has 1 atom stereocenters. The van der Waals surface area contributed by atoms with Crippen molar-refractivity contribution in [3.8, 4) is 0 Å². The van der Waals surface area contributed by atoms with Gasteiger partial charge in [0, 0.05) is 10.5 Å². The van der Waals surface area contributed by atoms with E-state index in [2.05, 4.69) is 41.9 Å². The molecule has 13 heavy (non-hydrogen) atoms. The van der Waals surface area contributed by atoms with Crippen LogP contribution in [0.2, 0.25) is 0 Å². The average Bonchev–Trinajstić information content (AvgIpc) is 2.04. The van der Waals surface area contributed by atoms with Crippen LogP contribution in [0.1, 0.15) is 31.9 Å². The Balaban J connectivity index is 2.66. The molecular weight excluding hydrogens is 226 g/mol. The summed E-state index contributed by atoms with van der Waals surface area (Å²) in [5.41, 5.74) is 7.25. The summed E-state index contributed by atoms with van der Waals surface area (Å²) in [7, 11) is 0. The molecule has 0 aliphatic carbocycles. The highest BCUT2D eigenvalue weighted by molar-refractivity contribution is 9.10. The second kappa shape index (κ2) is 4.77. The van der Waals surface area contributed by atoms with Crippen molar-refractivity contribution < 1.29 is 0 Å². The van der Waals surface area contributed by atoms with Gasteiger partial charge in [0.25, 0.3) is 0 Å². The van der Waals surface area contributed by atoms with Gasteiger partial charge in [-0.1, -0.05) is 41.9 Å². The number of rotatable bonds is 3. The largest absolute Gasteiger partial charge is 0.324 e. The van der Waals surface area contributed by atoms with E-state index in [0.29, 0.717) is 5.92 Å². The van der Waals surface area contributed by atoms with Gasteiger partial charge in [-0.05, 0) is 30.0 Å². The maximum Gasteiger partial charge on any atom is 0.0297 e. The molecule has 0 fully saturated rings. The number of hydrogen-bond donors (Lipinski definition) is 1. The highest BCUT2D eigenvalue weighted by atomic mass is 79.9. The van der Waals surface area contributed by atoms with Gasteiger partial charge in [0.2, 0.25) is 0 Å². The van der Waals surface area contributed by atoms with Gasteiger partial charge in [0.15, 0.2) is 0 Å². The average molecular weight is 242 g/mol. The van der Waals surface area contributed by atoms with E-state index < -0.39 is 0 Å². The van der Waals surface area contributed by atoms with Crippen LogP contribution in [0.3, 0.4) is 0 Å². The third kappa shape index (κ3) is 3.49. The Labute approximate surface area is 88.5 Å². The van der Waals surface area contributed by atoms with Crippen LogP contribution >= 0.6 is 15.9 Å². The number of nitrogens with two attached hydrogens (primary N) is 1. The molecule has 0 saturated carbocycles. The van der Waals surface area contributed by atoms with E-state index >= 15 is 0 Å². The standard InChI is InChI=1S/C11H16BrN/c1-8(2)7-11(13)9-3-5-10(12)6-4-9/h3-6,8,11H,7,13H2,1-2H3/t11-/m0/s1. The quantitative estimate of drug-likeness (QED) is 0.862. The van der Waals surface area contributed by atoms with Crippen LogP contribution in [0.5, 0.6) is 0 Å². The van der Waals surface area contributed by atoms with Crippen LogP contribution in [-0.4, -0.2) is 0 Å². The van der Waals surface area contributed by atoms with Crippen molar-refractivity contribution >= 4 is 15.9 Å². The van der Waals surface area contributed by atoms with Gasteiger partial charge in [-0.2, -0.15) is 0 Å². The third-order valence-corrected chi connectivity index (χ3v) is 2.55. The van der Waals surface area contributed by atoms with Crippen LogP contribution in [0, 0.1) is 5.92 Å². The third-order valence-electron chi connectivity index (χ3n) is 2.02. The van der Waals surface area contributed by atoms with Gasteiger partial charge in [-0.25, -0.2) is 0 Å². The molecule has 0 spiro atoms. The normalized spacial score (nSPS) is 13.3. The van der Waals surface area contributed by atoms with Crippen molar-refractivity contribution in [2.45, 2.75) is 26.3 Å². The monoisotopic (exact) mass is 241 g/mol. The van der Waals surface area contributed by atoms with Gasteiger partial charge in [0.05, 0.1) is 0 Å². The second-order valence-electron chi connectivity index (χ2n) is 3.79. The summed E-state index contributed by atoms with van der Waals surface area (Å²) < 4.78 is 1.10. The van der Waals surface area contributed by atoms with E-state index in [1.54, 1.807) is 0 Å². The molecule has 0 bridgehead atoms. The highest BCUT2D eigenvalue weighted by Crippen LogP contribution is 2.20. The minimum atomic E-state index is 0.174. The molecule has 1 aromatic rings. The molecule has 0 heterocycles. The first-order valence-corrected chi connectivity index (χ1v) is 5.40. The summed E-state index contributed by atoms with van der Waals surface area (Å²) in [5, 5.41) is 0. The van der Waals surface area contributed by atoms with E-state index in [9.17, 15) is 0 Å². The Morgan fingerprint density at radius 3 is 2.23 bits per heavy atom. The van der Waals surface area contributed by atoms with Crippen LogP contribution in [0.15, 0.2) is 28.7 Å². The first-order chi connectivity index (χ1) is 6.09. The van der Waals surface area contributed by atoms with E-state index in [4.69, 9.17) is 5.73 Å². The molecule has 1 aromatic carbocycles. The molecule has 0 saturated heterocycles. The maximum absolute atomic E-state index is 6.03. The molecule has 0 amide bonds. The van der Waals surface area contributed by atoms with Crippen molar-refractivity contribution in [2.75, 3.05) is 0 Å². The zero-order valence-electron chi connectivity index (χ0n) is 8.13. The molecular formula is C11H16BrN. The van der Waals surface area contributed by atoms with Gasteiger partial charge >= 0.3 is 0 Å². The number of halogens is 1. The lowest BCUT2D eigenvalue weighted by atomic mass is 9.98.